The maximum absolute atomic E-state index is 12.1. The molecule has 0 bridgehead atoms. The van der Waals surface area contributed by atoms with Crippen molar-refractivity contribution in [2.45, 2.75) is 19.4 Å². The highest BCUT2D eigenvalue weighted by Crippen LogP contribution is 2.35. The highest BCUT2D eigenvalue weighted by atomic mass is 16.5. The van der Waals surface area contributed by atoms with Gasteiger partial charge in [-0.15, -0.1) is 5.10 Å². The van der Waals surface area contributed by atoms with E-state index in [1.54, 1.807) is 10.7 Å². The zero-order valence-electron chi connectivity index (χ0n) is 16.5. The Kier molecular flexibility index (Phi) is 4.09. The van der Waals surface area contributed by atoms with E-state index in [-0.39, 0.29) is 12.0 Å². The first-order valence-corrected chi connectivity index (χ1v) is 9.56. The van der Waals surface area contributed by atoms with E-state index < -0.39 is 0 Å². The Bertz CT molecular complexity index is 1230. The van der Waals surface area contributed by atoms with Gasteiger partial charge in [-0.05, 0) is 43.7 Å². The lowest BCUT2D eigenvalue weighted by molar-refractivity contribution is 0.0601. The van der Waals surface area contributed by atoms with Crippen molar-refractivity contribution in [1.29, 1.82) is 0 Å². The molecule has 1 unspecified atom stereocenters. The van der Waals surface area contributed by atoms with E-state index in [4.69, 9.17) is 14.5 Å². The topological polar surface area (TPSA) is 84.1 Å². The van der Waals surface area contributed by atoms with Gasteiger partial charge in [0.15, 0.2) is 0 Å². The Balaban J connectivity index is 1.80. The summed E-state index contributed by atoms with van der Waals surface area (Å²) >= 11 is 0. The third-order valence-electron chi connectivity index (χ3n) is 5.58. The fourth-order valence-corrected chi connectivity index (χ4v) is 4.21. The molecule has 4 aromatic rings. The molecule has 8 heteroatoms. The number of aryl methyl sites for hydroxylation is 2. The first-order valence-electron chi connectivity index (χ1n) is 9.56. The van der Waals surface area contributed by atoms with Gasteiger partial charge in [0.2, 0.25) is 0 Å². The summed E-state index contributed by atoms with van der Waals surface area (Å²) in [6.07, 6.45) is 0.924. The molecule has 8 nitrogen and oxygen atoms in total. The molecule has 0 aliphatic carbocycles. The van der Waals surface area contributed by atoms with Gasteiger partial charge in [0, 0.05) is 19.0 Å². The van der Waals surface area contributed by atoms with Gasteiger partial charge in [-0.2, -0.15) is 0 Å². The van der Waals surface area contributed by atoms with E-state index in [2.05, 4.69) is 20.9 Å². The van der Waals surface area contributed by atoms with E-state index >= 15 is 0 Å². The monoisotopic (exact) mass is 391 g/mol. The quantitative estimate of drug-likeness (QED) is 0.499. The second-order valence-electron chi connectivity index (χ2n) is 7.32. The molecule has 3 aromatic heterocycles. The number of rotatable bonds is 3. The van der Waals surface area contributed by atoms with Crippen molar-refractivity contribution in [2.75, 3.05) is 20.3 Å². The minimum Gasteiger partial charge on any atom is -0.465 e. The molecule has 1 fully saturated rings. The van der Waals surface area contributed by atoms with Gasteiger partial charge < -0.3 is 14.0 Å². The van der Waals surface area contributed by atoms with Crippen molar-refractivity contribution in [1.82, 2.24) is 24.5 Å². The first-order chi connectivity index (χ1) is 14.1. The minimum absolute atomic E-state index is 0.204. The Labute approximate surface area is 167 Å². The summed E-state index contributed by atoms with van der Waals surface area (Å²) in [4.78, 5) is 17.1. The third kappa shape index (κ3) is 2.71. The van der Waals surface area contributed by atoms with Crippen molar-refractivity contribution < 1.29 is 14.3 Å². The Morgan fingerprint density at radius 2 is 2.10 bits per heavy atom. The predicted octanol–water partition coefficient (Wildman–Crippen LogP) is 3.04. The zero-order valence-corrected chi connectivity index (χ0v) is 16.5. The molecule has 0 N–H and O–H groups in total. The van der Waals surface area contributed by atoms with Crippen LogP contribution in [0.1, 0.15) is 28.5 Å². The summed E-state index contributed by atoms with van der Waals surface area (Å²) in [5.74, 6) is -0.350. The van der Waals surface area contributed by atoms with Crippen LogP contribution in [0.4, 0.5) is 0 Å². The van der Waals surface area contributed by atoms with Crippen LogP contribution in [-0.2, 0) is 16.5 Å². The summed E-state index contributed by atoms with van der Waals surface area (Å²) in [6, 6.07) is 9.91. The number of nitrogens with zero attached hydrogens (tertiary/aromatic N) is 5. The van der Waals surface area contributed by atoms with Crippen LogP contribution in [0.2, 0.25) is 0 Å². The van der Waals surface area contributed by atoms with Gasteiger partial charge in [-0.3, -0.25) is 0 Å². The van der Waals surface area contributed by atoms with Crippen LogP contribution < -0.4 is 0 Å². The average molecular weight is 391 g/mol. The fourth-order valence-electron chi connectivity index (χ4n) is 4.21. The Morgan fingerprint density at radius 1 is 1.24 bits per heavy atom. The Morgan fingerprint density at radius 3 is 2.79 bits per heavy atom. The van der Waals surface area contributed by atoms with Crippen LogP contribution in [-0.4, -0.2) is 50.8 Å². The predicted molar refractivity (Wildman–Crippen MR) is 108 cm³/mol. The molecule has 0 spiro atoms. The van der Waals surface area contributed by atoms with Gasteiger partial charge >= 0.3 is 5.97 Å². The van der Waals surface area contributed by atoms with Crippen molar-refractivity contribution >= 4 is 27.9 Å². The number of fused-ring (bicyclic) bond motifs is 3. The zero-order chi connectivity index (χ0) is 20.1. The average Bonchev–Trinajstić information content (AvgIpc) is 3.44. The summed E-state index contributed by atoms with van der Waals surface area (Å²) in [6.45, 7) is 3.30. The molecule has 1 aromatic carbocycles. The fraction of sp³-hybridized carbons (Fsp3) is 0.333. The molecular formula is C21H21N5O3. The molecule has 29 heavy (non-hydrogen) atoms. The molecule has 1 atom stereocenters. The summed E-state index contributed by atoms with van der Waals surface area (Å²) in [5.41, 5.74) is 5.94. The second-order valence-corrected chi connectivity index (χ2v) is 7.32. The number of esters is 1. The standard InChI is InChI=1S/C21H21N5O3/c1-12-20(25(2)24-23-12)16-6-7-17-19(22-16)15-5-4-13(21(27)28-3)10-18(15)26(17)14-8-9-29-11-14/h4-7,10,14H,8-9,11H2,1-3H3. The van der Waals surface area contributed by atoms with Crippen molar-refractivity contribution in [3.63, 3.8) is 0 Å². The number of aromatic nitrogens is 5. The largest absolute Gasteiger partial charge is 0.465 e. The van der Waals surface area contributed by atoms with E-state index in [9.17, 15) is 4.79 Å². The van der Waals surface area contributed by atoms with Crippen LogP contribution >= 0.6 is 0 Å². The number of ether oxygens (including phenoxy) is 2. The number of carbonyl (C=O) groups is 1. The van der Waals surface area contributed by atoms with Crippen LogP contribution in [0.25, 0.3) is 33.3 Å². The molecule has 148 valence electrons. The lowest BCUT2D eigenvalue weighted by Crippen LogP contribution is -2.09. The summed E-state index contributed by atoms with van der Waals surface area (Å²) < 4.78 is 14.5. The molecule has 1 saturated heterocycles. The second kappa shape index (κ2) is 6.66. The number of benzene rings is 1. The number of methoxy groups -OCH3 is 1. The molecule has 0 saturated carbocycles. The van der Waals surface area contributed by atoms with Crippen molar-refractivity contribution in [2.24, 2.45) is 7.05 Å². The lowest BCUT2D eigenvalue weighted by Gasteiger charge is -2.14. The molecule has 0 amide bonds. The van der Waals surface area contributed by atoms with E-state index in [1.807, 2.05) is 32.2 Å². The smallest absolute Gasteiger partial charge is 0.337 e. The number of carbonyl (C=O) groups excluding carboxylic acids is 1. The molecule has 4 heterocycles. The van der Waals surface area contributed by atoms with E-state index in [0.29, 0.717) is 12.2 Å². The maximum atomic E-state index is 12.1. The van der Waals surface area contributed by atoms with E-state index in [1.165, 1.54) is 7.11 Å². The van der Waals surface area contributed by atoms with Gasteiger partial charge in [0.1, 0.15) is 5.69 Å². The molecule has 5 rings (SSSR count). The highest BCUT2D eigenvalue weighted by Gasteiger charge is 2.24. The van der Waals surface area contributed by atoms with Gasteiger partial charge in [0.25, 0.3) is 0 Å². The van der Waals surface area contributed by atoms with Crippen molar-refractivity contribution in [3.8, 4) is 11.4 Å². The van der Waals surface area contributed by atoms with E-state index in [0.717, 1.165) is 52.0 Å². The maximum Gasteiger partial charge on any atom is 0.337 e. The molecular weight excluding hydrogens is 370 g/mol. The molecule has 0 radical (unpaired) electrons. The summed E-state index contributed by atoms with van der Waals surface area (Å²) in [5, 5.41) is 9.24. The SMILES string of the molecule is COC(=O)c1ccc2c3nc(-c4c(C)nnn4C)ccc3n(C3CCOC3)c2c1. The van der Waals surface area contributed by atoms with Crippen LogP contribution in [0.3, 0.4) is 0 Å². The number of hydrogen-bond acceptors (Lipinski definition) is 6. The summed E-state index contributed by atoms with van der Waals surface area (Å²) in [7, 11) is 3.26. The van der Waals surface area contributed by atoms with Gasteiger partial charge in [-0.1, -0.05) is 5.21 Å². The third-order valence-corrected chi connectivity index (χ3v) is 5.58. The van der Waals surface area contributed by atoms with Crippen LogP contribution in [0, 0.1) is 6.92 Å². The number of pyridine rings is 1. The normalized spacial score (nSPS) is 16.7. The van der Waals surface area contributed by atoms with Crippen molar-refractivity contribution in [3.05, 3.63) is 41.6 Å². The first kappa shape index (κ1) is 17.8. The Hall–Kier alpha value is -3.26. The van der Waals surface area contributed by atoms with Gasteiger partial charge in [-0.25, -0.2) is 14.5 Å². The lowest BCUT2D eigenvalue weighted by atomic mass is 10.1. The minimum atomic E-state index is -0.350. The van der Waals surface area contributed by atoms with Crippen LogP contribution in [0.15, 0.2) is 30.3 Å². The highest BCUT2D eigenvalue weighted by molar-refractivity contribution is 6.08. The molecule has 1 aliphatic heterocycles. The van der Waals surface area contributed by atoms with Crippen LogP contribution in [0.5, 0.6) is 0 Å². The molecule has 1 aliphatic rings. The van der Waals surface area contributed by atoms with Gasteiger partial charge in [0.05, 0.1) is 53.3 Å². The number of hydrogen-bond donors (Lipinski definition) is 0.